The zero-order chi connectivity index (χ0) is 10.8. The normalized spacial score (nSPS) is 13.0. The Labute approximate surface area is 94.1 Å². The third-order valence-electron chi connectivity index (χ3n) is 2.40. The summed E-state index contributed by atoms with van der Waals surface area (Å²) in [5.41, 5.74) is 7.03. The molecule has 1 unspecified atom stereocenters. The summed E-state index contributed by atoms with van der Waals surface area (Å²) in [6, 6.07) is 6.08. The number of halogens is 1. The van der Waals surface area contributed by atoms with Crippen LogP contribution in [0.25, 0.3) is 10.8 Å². The number of fused-ring (bicyclic) bond motifs is 1. The number of nitrogens with two attached hydrogens (primary N) is 1. The van der Waals surface area contributed by atoms with E-state index in [4.69, 9.17) is 17.3 Å². The van der Waals surface area contributed by atoms with Gasteiger partial charge in [-0.05, 0) is 36.4 Å². The SMILES string of the molecule is CC(N)Cc1ccc(Cl)c2cnccc12. The van der Waals surface area contributed by atoms with Crippen molar-refractivity contribution in [2.24, 2.45) is 5.73 Å². The minimum atomic E-state index is 0.155. The second-order valence-electron chi connectivity index (χ2n) is 3.81. The summed E-state index contributed by atoms with van der Waals surface area (Å²) in [4.78, 5) is 4.08. The molecule has 1 heterocycles. The van der Waals surface area contributed by atoms with Gasteiger partial charge in [0.2, 0.25) is 0 Å². The van der Waals surface area contributed by atoms with Gasteiger partial charge in [-0.3, -0.25) is 4.98 Å². The minimum absolute atomic E-state index is 0.155. The quantitative estimate of drug-likeness (QED) is 0.846. The van der Waals surface area contributed by atoms with Crippen LogP contribution in [0.1, 0.15) is 12.5 Å². The van der Waals surface area contributed by atoms with E-state index in [0.29, 0.717) is 0 Å². The molecule has 0 aliphatic rings. The van der Waals surface area contributed by atoms with Crippen LogP contribution in [0.4, 0.5) is 0 Å². The van der Waals surface area contributed by atoms with Crippen molar-refractivity contribution in [1.82, 2.24) is 4.98 Å². The highest BCUT2D eigenvalue weighted by atomic mass is 35.5. The predicted molar refractivity (Wildman–Crippen MR) is 64.1 cm³/mol. The van der Waals surface area contributed by atoms with Gasteiger partial charge in [0.25, 0.3) is 0 Å². The van der Waals surface area contributed by atoms with E-state index >= 15 is 0 Å². The molecular weight excluding hydrogens is 208 g/mol. The fourth-order valence-corrected chi connectivity index (χ4v) is 1.96. The Morgan fingerprint density at radius 2 is 2.13 bits per heavy atom. The van der Waals surface area contributed by atoms with Crippen molar-refractivity contribution in [3.8, 4) is 0 Å². The van der Waals surface area contributed by atoms with Gasteiger partial charge in [-0.15, -0.1) is 0 Å². The van der Waals surface area contributed by atoms with Gasteiger partial charge in [0.15, 0.2) is 0 Å². The van der Waals surface area contributed by atoms with Crippen molar-refractivity contribution >= 4 is 22.4 Å². The van der Waals surface area contributed by atoms with Crippen molar-refractivity contribution in [2.75, 3.05) is 0 Å². The Kier molecular flexibility index (Phi) is 2.89. The van der Waals surface area contributed by atoms with Crippen LogP contribution in [-0.2, 0) is 6.42 Å². The van der Waals surface area contributed by atoms with Gasteiger partial charge in [0.05, 0.1) is 0 Å². The lowest BCUT2D eigenvalue weighted by Crippen LogP contribution is -2.17. The lowest BCUT2D eigenvalue weighted by molar-refractivity contribution is 0.741. The first-order chi connectivity index (χ1) is 7.18. The zero-order valence-corrected chi connectivity index (χ0v) is 9.33. The van der Waals surface area contributed by atoms with E-state index in [1.807, 2.05) is 25.1 Å². The first-order valence-corrected chi connectivity index (χ1v) is 5.33. The molecule has 2 rings (SSSR count). The van der Waals surface area contributed by atoms with Crippen molar-refractivity contribution in [3.05, 3.63) is 41.2 Å². The van der Waals surface area contributed by atoms with Crippen LogP contribution in [0, 0.1) is 0 Å². The fourth-order valence-electron chi connectivity index (χ4n) is 1.74. The number of hydrogen-bond donors (Lipinski definition) is 1. The van der Waals surface area contributed by atoms with Gasteiger partial charge < -0.3 is 5.73 Å². The smallest absolute Gasteiger partial charge is 0.0500 e. The van der Waals surface area contributed by atoms with E-state index in [1.165, 1.54) is 5.56 Å². The molecule has 0 saturated heterocycles. The molecule has 0 aliphatic carbocycles. The summed E-state index contributed by atoms with van der Waals surface area (Å²) in [7, 11) is 0. The topological polar surface area (TPSA) is 38.9 Å². The zero-order valence-electron chi connectivity index (χ0n) is 8.57. The molecule has 0 amide bonds. The van der Waals surface area contributed by atoms with E-state index in [9.17, 15) is 0 Å². The molecule has 0 fully saturated rings. The van der Waals surface area contributed by atoms with Crippen LogP contribution in [0.2, 0.25) is 5.02 Å². The number of rotatable bonds is 2. The van der Waals surface area contributed by atoms with E-state index in [2.05, 4.69) is 4.98 Å². The minimum Gasteiger partial charge on any atom is -0.328 e. The van der Waals surface area contributed by atoms with Crippen molar-refractivity contribution < 1.29 is 0 Å². The molecule has 2 nitrogen and oxygen atoms in total. The predicted octanol–water partition coefficient (Wildman–Crippen LogP) is 2.78. The lowest BCUT2D eigenvalue weighted by atomic mass is 10.0. The maximum atomic E-state index is 6.09. The summed E-state index contributed by atoms with van der Waals surface area (Å²) in [5, 5.41) is 2.89. The van der Waals surface area contributed by atoms with Crippen molar-refractivity contribution in [2.45, 2.75) is 19.4 Å². The van der Waals surface area contributed by atoms with Gasteiger partial charge >= 0.3 is 0 Å². The first-order valence-electron chi connectivity index (χ1n) is 4.95. The van der Waals surface area contributed by atoms with Crippen LogP contribution in [0.3, 0.4) is 0 Å². The molecule has 0 saturated carbocycles. The average Bonchev–Trinajstić information content (AvgIpc) is 2.22. The van der Waals surface area contributed by atoms with E-state index in [-0.39, 0.29) is 6.04 Å². The van der Waals surface area contributed by atoms with Crippen LogP contribution in [0.5, 0.6) is 0 Å². The highest BCUT2D eigenvalue weighted by molar-refractivity contribution is 6.35. The maximum Gasteiger partial charge on any atom is 0.0500 e. The molecule has 0 radical (unpaired) electrons. The standard InChI is InChI=1S/C12H13ClN2/c1-8(14)6-9-2-3-12(13)11-7-15-5-4-10(9)11/h2-5,7-8H,6,14H2,1H3. The second-order valence-corrected chi connectivity index (χ2v) is 4.22. The fraction of sp³-hybridized carbons (Fsp3) is 0.250. The monoisotopic (exact) mass is 220 g/mol. The van der Waals surface area contributed by atoms with Crippen molar-refractivity contribution in [1.29, 1.82) is 0 Å². The highest BCUT2D eigenvalue weighted by Gasteiger charge is 2.06. The van der Waals surface area contributed by atoms with E-state index in [0.717, 1.165) is 22.2 Å². The second kappa shape index (κ2) is 4.17. The Bertz CT molecular complexity index is 480. The number of benzene rings is 1. The van der Waals surface area contributed by atoms with E-state index < -0.39 is 0 Å². The van der Waals surface area contributed by atoms with Gasteiger partial charge in [0, 0.05) is 28.8 Å². The molecule has 0 bridgehead atoms. The Morgan fingerprint density at radius 3 is 2.87 bits per heavy atom. The number of nitrogens with zero attached hydrogens (tertiary/aromatic N) is 1. The molecule has 78 valence electrons. The molecule has 1 atom stereocenters. The molecule has 15 heavy (non-hydrogen) atoms. The van der Waals surface area contributed by atoms with Gasteiger partial charge in [-0.1, -0.05) is 17.7 Å². The molecule has 3 heteroatoms. The molecule has 2 aromatic rings. The largest absolute Gasteiger partial charge is 0.328 e. The molecule has 1 aromatic heterocycles. The summed E-state index contributed by atoms with van der Waals surface area (Å²) in [5.74, 6) is 0. The van der Waals surface area contributed by atoms with E-state index in [1.54, 1.807) is 12.4 Å². The molecule has 1 aromatic carbocycles. The Hall–Kier alpha value is -1.12. The summed E-state index contributed by atoms with van der Waals surface area (Å²) < 4.78 is 0. The van der Waals surface area contributed by atoms with Gasteiger partial charge in [-0.2, -0.15) is 0 Å². The van der Waals surface area contributed by atoms with Crippen molar-refractivity contribution in [3.63, 3.8) is 0 Å². The molecule has 0 spiro atoms. The van der Waals surface area contributed by atoms with Crippen LogP contribution in [0.15, 0.2) is 30.6 Å². The molecule has 0 aliphatic heterocycles. The third-order valence-corrected chi connectivity index (χ3v) is 2.73. The first kappa shape index (κ1) is 10.4. The molecule has 2 N–H and O–H groups in total. The number of pyridine rings is 1. The van der Waals surface area contributed by atoms with Crippen LogP contribution >= 0.6 is 11.6 Å². The Balaban J connectivity index is 2.61. The third kappa shape index (κ3) is 2.11. The average molecular weight is 221 g/mol. The highest BCUT2D eigenvalue weighted by Crippen LogP contribution is 2.26. The number of aromatic nitrogens is 1. The molecular formula is C12H13ClN2. The van der Waals surface area contributed by atoms with Crippen LogP contribution in [-0.4, -0.2) is 11.0 Å². The Morgan fingerprint density at radius 1 is 1.33 bits per heavy atom. The van der Waals surface area contributed by atoms with Gasteiger partial charge in [0.1, 0.15) is 0 Å². The summed E-state index contributed by atoms with van der Waals surface area (Å²) >= 11 is 6.09. The summed E-state index contributed by atoms with van der Waals surface area (Å²) in [6.07, 6.45) is 4.43. The summed E-state index contributed by atoms with van der Waals surface area (Å²) in [6.45, 7) is 2.00. The van der Waals surface area contributed by atoms with Crippen LogP contribution < -0.4 is 5.73 Å². The number of hydrogen-bond acceptors (Lipinski definition) is 2. The van der Waals surface area contributed by atoms with Gasteiger partial charge in [-0.25, -0.2) is 0 Å². The maximum absolute atomic E-state index is 6.09. The lowest BCUT2D eigenvalue weighted by Gasteiger charge is -2.09.